The SMILES string of the molecule is C/C=C\CC.CC/C=C\CC.Cc1ccc(/C=C/c2ccc3c(c2)S/C(=C2\Sc4ccc(/C=C/c5ccc(C)cc5)cc4S2)S3)cc1. The molecule has 4 aromatic carbocycles. The molecule has 47 heavy (non-hydrogen) atoms. The molecule has 0 fully saturated rings. The zero-order chi connectivity index (χ0) is 33.4. The van der Waals surface area contributed by atoms with Crippen LogP contribution in [0, 0.1) is 13.8 Å². The van der Waals surface area contributed by atoms with Crippen LogP contribution in [-0.2, 0) is 0 Å². The van der Waals surface area contributed by atoms with Crippen LogP contribution in [0.1, 0.15) is 80.3 Å². The van der Waals surface area contributed by atoms with Gasteiger partial charge in [-0.25, -0.2) is 0 Å². The van der Waals surface area contributed by atoms with Gasteiger partial charge in [-0.1, -0.05) is 188 Å². The second-order valence-corrected chi connectivity index (χ2v) is 15.9. The number of fused-ring (bicyclic) bond motifs is 2. The Morgan fingerprint density at radius 1 is 0.426 bits per heavy atom. The van der Waals surface area contributed by atoms with E-state index in [1.165, 1.54) is 74.3 Å². The normalized spacial score (nSPS) is 15.2. The molecular weight excluding hydrogens is 645 g/mol. The third-order valence-corrected chi connectivity index (χ3v) is 12.7. The van der Waals surface area contributed by atoms with E-state index in [2.05, 4.69) is 168 Å². The van der Waals surface area contributed by atoms with Gasteiger partial charge in [0.1, 0.15) is 0 Å². The largest absolute Gasteiger partial charge is 0.0917 e. The summed E-state index contributed by atoms with van der Waals surface area (Å²) in [5.74, 6) is 0. The van der Waals surface area contributed by atoms with E-state index < -0.39 is 0 Å². The van der Waals surface area contributed by atoms with Crippen LogP contribution in [0.3, 0.4) is 0 Å². The smallest absolute Gasteiger partial charge is 0.0706 e. The molecule has 0 N–H and O–H groups in total. The Balaban J connectivity index is 0.000000394. The number of rotatable bonds is 7. The minimum absolute atomic E-state index is 1.16. The van der Waals surface area contributed by atoms with E-state index in [1.807, 2.05) is 54.0 Å². The molecule has 6 rings (SSSR count). The molecule has 0 amide bonds. The van der Waals surface area contributed by atoms with Crippen molar-refractivity contribution < 1.29 is 0 Å². The monoisotopic (exact) mass is 690 g/mol. The molecule has 2 aliphatic rings. The summed E-state index contributed by atoms with van der Waals surface area (Å²) in [4.78, 5) is 5.42. The van der Waals surface area contributed by atoms with Gasteiger partial charge in [0.25, 0.3) is 0 Å². The third-order valence-electron chi connectivity index (χ3n) is 7.11. The first-order chi connectivity index (χ1) is 22.9. The quantitative estimate of drug-likeness (QED) is 0.140. The van der Waals surface area contributed by atoms with Crippen LogP contribution in [0.2, 0.25) is 0 Å². The maximum atomic E-state index is 2.32. The molecule has 0 saturated heterocycles. The predicted octanol–water partition coefficient (Wildman–Crippen LogP) is 15.2. The molecule has 0 unspecified atom stereocenters. The molecule has 0 spiro atoms. The zero-order valence-electron chi connectivity index (χ0n) is 28.5. The predicted molar refractivity (Wildman–Crippen MR) is 218 cm³/mol. The number of hydrogen-bond acceptors (Lipinski definition) is 4. The van der Waals surface area contributed by atoms with Crippen LogP contribution in [-0.4, -0.2) is 0 Å². The van der Waals surface area contributed by atoms with Crippen molar-refractivity contribution in [3.8, 4) is 0 Å². The summed E-state index contributed by atoms with van der Waals surface area (Å²) in [6.45, 7) is 12.7. The van der Waals surface area contributed by atoms with Crippen molar-refractivity contribution in [2.45, 2.75) is 80.4 Å². The van der Waals surface area contributed by atoms with Crippen molar-refractivity contribution in [1.82, 2.24) is 0 Å². The van der Waals surface area contributed by atoms with Crippen LogP contribution < -0.4 is 0 Å². The summed E-state index contributed by atoms with van der Waals surface area (Å²) >= 11 is 7.62. The fourth-order valence-corrected chi connectivity index (χ4v) is 9.86. The summed E-state index contributed by atoms with van der Waals surface area (Å²) in [6, 6.07) is 30.9. The lowest BCUT2D eigenvalue weighted by Gasteiger charge is -1.99. The standard InChI is InChI=1S/C32H24S4.C6H12.C5H10/c1-21-3-7-23(8-4-21)11-13-25-15-17-27-29(19-25)35-31(33-27)32-34-28-18-16-26(20-30(28)36-32)14-12-24-9-5-22(2)6-10-24;1-3-5-6-4-2;1-3-5-4-2/h3-20H,1-2H3;5-6H,3-4H2,1-2H3;3,5H,4H2,1-2H3/b13-11+,14-12+,32-31+;6-5-;5-3-. The fourth-order valence-electron chi connectivity index (χ4n) is 4.50. The number of thioether (sulfide) groups is 4. The van der Waals surface area contributed by atoms with E-state index in [0.29, 0.717) is 0 Å². The van der Waals surface area contributed by atoms with Crippen molar-refractivity contribution in [2.24, 2.45) is 0 Å². The van der Waals surface area contributed by atoms with Gasteiger partial charge in [-0.15, -0.1) is 0 Å². The first kappa shape index (κ1) is 36.8. The Hall–Kier alpha value is -3.02. The number of allylic oxidation sites excluding steroid dienone is 4. The minimum Gasteiger partial charge on any atom is -0.0917 e. The second kappa shape index (κ2) is 19.7. The van der Waals surface area contributed by atoms with Crippen molar-refractivity contribution in [1.29, 1.82) is 0 Å². The van der Waals surface area contributed by atoms with E-state index in [9.17, 15) is 0 Å². The highest BCUT2D eigenvalue weighted by Crippen LogP contribution is 2.61. The molecule has 0 radical (unpaired) electrons. The molecule has 0 aromatic heterocycles. The molecule has 2 heterocycles. The average Bonchev–Trinajstić information content (AvgIpc) is 3.72. The minimum atomic E-state index is 1.16. The Labute approximate surface area is 301 Å². The lowest BCUT2D eigenvalue weighted by molar-refractivity contribution is 1.16. The van der Waals surface area contributed by atoms with Crippen molar-refractivity contribution in [2.75, 3.05) is 0 Å². The highest BCUT2D eigenvalue weighted by Gasteiger charge is 2.27. The van der Waals surface area contributed by atoms with E-state index in [0.717, 1.165) is 6.42 Å². The summed E-state index contributed by atoms with van der Waals surface area (Å²) in [6.07, 6.45) is 20.9. The van der Waals surface area contributed by atoms with Gasteiger partial charge in [0.15, 0.2) is 0 Å². The van der Waals surface area contributed by atoms with Gasteiger partial charge >= 0.3 is 0 Å². The molecule has 0 bridgehead atoms. The van der Waals surface area contributed by atoms with Crippen molar-refractivity contribution in [3.63, 3.8) is 0 Å². The molecule has 242 valence electrons. The zero-order valence-corrected chi connectivity index (χ0v) is 31.7. The van der Waals surface area contributed by atoms with E-state index in [4.69, 9.17) is 0 Å². The van der Waals surface area contributed by atoms with Gasteiger partial charge < -0.3 is 0 Å². The summed E-state index contributed by atoms with van der Waals surface area (Å²) < 4.78 is 2.79. The Morgan fingerprint density at radius 3 is 1.11 bits per heavy atom. The van der Waals surface area contributed by atoms with Crippen molar-refractivity contribution in [3.05, 3.63) is 151 Å². The van der Waals surface area contributed by atoms with Crippen molar-refractivity contribution >= 4 is 71.4 Å². The lowest BCUT2D eigenvalue weighted by atomic mass is 10.1. The summed E-state index contributed by atoms with van der Waals surface area (Å²) in [7, 11) is 0. The molecule has 0 saturated carbocycles. The molecule has 0 nitrogen and oxygen atoms in total. The molecular formula is C43H46S4. The highest BCUT2D eigenvalue weighted by molar-refractivity contribution is 8.30. The maximum absolute atomic E-state index is 2.32. The molecule has 0 aliphatic carbocycles. The van der Waals surface area contributed by atoms with Crippen LogP contribution in [0.25, 0.3) is 24.3 Å². The molecule has 2 aliphatic heterocycles. The van der Waals surface area contributed by atoms with Crippen LogP contribution in [0.4, 0.5) is 0 Å². The lowest BCUT2D eigenvalue weighted by Crippen LogP contribution is -1.76. The summed E-state index contributed by atoms with van der Waals surface area (Å²) in [5.41, 5.74) is 7.53. The second-order valence-electron chi connectivity index (χ2n) is 11.1. The Kier molecular flexibility index (Phi) is 15.4. The van der Waals surface area contributed by atoms with E-state index in [1.54, 1.807) is 0 Å². The fraction of sp³-hybridized carbons (Fsp3) is 0.209. The molecule has 4 heteroatoms. The van der Waals surface area contributed by atoms with Crippen LogP contribution in [0.5, 0.6) is 0 Å². The Bertz CT molecular complexity index is 1610. The maximum Gasteiger partial charge on any atom is 0.0706 e. The Morgan fingerprint density at radius 2 is 0.766 bits per heavy atom. The van der Waals surface area contributed by atoms with E-state index in [-0.39, 0.29) is 0 Å². The topological polar surface area (TPSA) is 0 Å². The van der Waals surface area contributed by atoms with Gasteiger partial charge in [0, 0.05) is 19.6 Å². The highest BCUT2D eigenvalue weighted by atomic mass is 32.2. The first-order valence-corrected chi connectivity index (χ1v) is 19.7. The first-order valence-electron chi connectivity index (χ1n) is 16.4. The number of aryl methyl sites for hydroxylation is 2. The number of benzene rings is 4. The van der Waals surface area contributed by atoms with Gasteiger partial charge in [-0.3, -0.25) is 0 Å². The van der Waals surface area contributed by atoms with E-state index >= 15 is 0 Å². The molecule has 0 atom stereocenters. The van der Waals surface area contributed by atoms with Crippen LogP contribution in [0.15, 0.2) is 137 Å². The van der Waals surface area contributed by atoms with Gasteiger partial charge in [-0.05, 0) is 86.6 Å². The molecule has 4 aromatic rings. The summed E-state index contributed by atoms with van der Waals surface area (Å²) in [5, 5.41) is 0. The van der Waals surface area contributed by atoms with Gasteiger partial charge in [0.2, 0.25) is 0 Å². The van der Waals surface area contributed by atoms with Crippen LogP contribution >= 0.6 is 47.0 Å². The average molecular weight is 691 g/mol. The van der Waals surface area contributed by atoms with Gasteiger partial charge in [0.05, 0.1) is 8.47 Å². The third kappa shape index (κ3) is 11.9. The number of hydrogen-bond donors (Lipinski definition) is 0. The van der Waals surface area contributed by atoms with Gasteiger partial charge in [-0.2, -0.15) is 0 Å².